The molecule has 2 atom stereocenters. The number of hydrogen-bond acceptors (Lipinski definition) is 3. The molecule has 0 bridgehead atoms. The summed E-state index contributed by atoms with van der Waals surface area (Å²) in [5.41, 5.74) is 0. The van der Waals surface area contributed by atoms with Crippen LogP contribution < -0.4 is 5.32 Å². The minimum Gasteiger partial charge on any atom is -0.381 e. The van der Waals surface area contributed by atoms with Crippen LogP contribution >= 0.6 is 0 Å². The van der Waals surface area contributed by atoms with Crippen molar-refractivity contribution in [1.29, 1.82) is 0 Å². The average molecular weight is 280 g/mol. The van der Waals surface area contributed by atoms with Crippen molar-refractivity contribution in [3.8, 4) is 0 Å². The predicted octanol–water partition coefficient (Wildman–Crippen LogP) is 2.66. The Morgan fingerprint density at radius 1 is 1.05 bits per heavy atom. The third-order valence-electron chi connectivity index (χ3n) is 5.68. The summed E-state index contributed by atoms with van der Waals surface area (Å²) in [5, 5.41) is 3.73. The first-order chi connectivity index (χ1) is 9.83. The zero-order chi connectivity index (χ0) is 13.8. The molecule has 116 valence electrons. The molecule has 0 amide bonds. The summed E-state index contributed by atoms with van der Waals surface area (Å²) in [5.74, 6) is 1.82. The Kier molecular flexibility index (Phi) is 5.36. The summed E-state index contributed by atoms with van der Waals surface area (Å²) >= 11 is 0. The Hall–Kier alpha value is -0.120. The molecule has 0 aromatic rings. The lowest BCUT2D eigenvalue weighted by atomic mass is 9.81. The molecule has 2 heterocycles. The van der Waals surface area contributed by atoms with Crippen molar-refractivity contribution in [3.63, 3.8) is 0 Å². The maximum atomic E-state index is 5.52. The first kappa shape index (κ1) is 14.8. The van der Waals surface area contributed by atoms with E-state index in [0.29, 0.717) is 6.04 Å². The Bertz CT molecular complexity index is 285. The lowest BCUT2D eigenvalue weighted by Crippen LogP contribution is -2.59. The van der Waals surface area contributed by atoms with Crippen molar-refractivity contribution in [1.82, 2.24) is 10.2 Å². The zero-order valence-corrected chi connectivity index (χ0v) is 13.2. The number of nitrogens with one attached hydrogen (secondary N) is 1. The van der Waals surface area contributed by atoms with Gasteiger partial charge in [-0.2, -0.15) is 0 Å². The molecule has 2 aliphatic heterocycles. The highest BCUT2D eigenvalue weighted by Gasteiger charge is 2.33. The van der Waals surface area contributed by atoms with Gasteiger partial charge in [0, 0.05) is 44.9 Å². The maximum absolute atomic E-state index is 5.52. The van der Waals surface area contributed by atoms with E-state index in [1.165, 1.54) is 64.6 Å². The second-order valence-corrected chi connectivity index (χ2v) is 7.28. The van der Waals surface area contributed by atoms with E-state index in [-0.39, 0.29) is 0 Å². The minimum absolute atomic E-state index is 0.662. The van der Waals surface area contributed by atoms with Crippen LogP contribution in [0.15, 0.2) is 0 Å². The Balaban J connectivity index is 1.59. The SMILES string of the molecule is CC1CN(CC2CCOCC2)C(C2CCCCC2)CN1. The van der Waals surface area contributed by atoms with Gasteiger partial charge < -0.3 is 10.1 Å². The quantitative estimate of drug-likeness (QED) is 0.860. The van der Waals surface area contributed by atoms with Crippen molar-refractivity contribution >= 4 is 0 Å². The molecule has 3 rings (SSSR count). The minimum atomic E-state index is 0.662. The molecular formula is C17H32N2O. The first-order valence-electron chi connectivity index (χ1n) is 8.88. The van der Waals surface area contributed by atoms with Crippen LogP contribution in [0.4, 0.5) is 0 Å². The number of ether oxygens (including phenoxy) is 1. The van der Waals surface area contributed by atoms with E-state index in [1.54, 1.807) is 0 Å². The molecule has 1 saturated carbocycles. The van der Waals surface area contributed by atoms with E-state index >= 15 is 0 Å². The van der Waals surface area contributed by atoms with Crippen molar-refractivity contribution in [2.75, 3.05) is 32.8 Å². The van der Waals surface area contributed by atoms with Gasteiger partial charge in [0.1, 0.15) is 0 Å². The van der Waals surface area contributed by atoms with E-state index in [2.05, 4.69) is 17.1 Å². The van der Waals surface area contributed by atoms with Gasteiger partial charge in [0.2, 0.25) is 0 Å². The average Bonchev–Trinajstić information content (AvgIpc) is 2.49. The maximum Gasteiger partial charge on any atom is 0.0469 e. The van der Waals surface area contributed by atoms with Crippen LogP contribution in [-0.2, 0) is 4.74 Å². The van der Waals surface area contributed by atoms with Gasteiger partial charge in [-0.05, 0) is 44.4 Å². The van der Waals surface area contributed by atoms with Crippen LogP contribution in [0.25, 0.3) is 0 Å². The third-order valence-corrected chi connectivity index (χ3v) is 5.68. The van der Waals surface area contributed by atoms with Gasteiger partial charge in [0.15, 0.2) is 0 Å². The molecule has 1 N–H and O–H groups in total. The van der Waals surface area contributed by atoms with E-state index in [4.69, 9.17) is 4.74 Å². The second-order valence-electron chi connectivity index (χ2n) is 7.28. The summed E-state index contributed by atoms with van der Waals surface area (Å²) in [4.78, 5) is 2.84. The summed E-state index contributed by atoms with van der Waals surface area (Å²) in [6.07, 6.45) is 9.86. The summed E-state index contributed by atoms with van der Waals surface area (Å²) in [6.45, 7) is 8.10. The smallest absolute Gasteiger partial charge is 0.0469 e. The van der Waals surface area contributed by atoms with E-state index in [0.717, 1.165) is 31.1 Å². The summed E-state index contributed by atoms with van der Waals surface area (Å²) < 4.78 is 5.52. The molecule has 2 unspecified atom stereocenters. The molecule has 3 heteroatoms. The van der Waals surface area contributed by atoms with Gasteiger partial charge in [-0.25, -0.2) is 0 Å². The van der Waals surface area contributed by atoms with Gasteiger partial charge in [-0.3, -0.25) is 4.90 Å². The number of hydrogen-bond donors (Lipinski definition) is 1. The van der Waals surface area contributed by atoms with Gasteiger partial charge in [0.05, 0.1) is 0 Å². The van der Waals surface area contributed by atoms with Crippen LogP contribution in [0.3, 0.4) is 0 Å². The van der Waals surface area contributed by atoms with Crippen LogP contribution in [-0.4, -0.2) is 49.8 Å². The van der Waals surface area contributed by atoms with Gasteiger partial charge in [0.25, 0.3) is 0 Å². The molecule has 3 aliphatic rings. The Labute approximate surface area is 124 Å². The molecule has 3 nitrogen and oxygen atoms in total. The van der Waals surface area contributed by atoms with E-state index < -0.39 is 0 Å². The highest BCUT2D eigenvalue weighted by molar-refractivity contribution is 4.90. The van der Waals surface area contributed by atoms with Crippen molar-refractivity contribution in [2.45, 2.75) is 64.0 Å². The fourth-order valence-corrected chi connectivity index (χ4v) is 4.46. The van der Waals surface area contributed by atoms with Crippen LogP contribution in [0.1, 0.15) is 51.9 Å². The fourth-order valence-electron chi connectivity index (χ4n) is 4.46. The lowest BCUT2D eigenvalue weighted by Gasteiger charge is -2.46. The lowest BCUT2D eigenvalue weighted by molar-refractivity contribution is 0.0203. The van der Waals surface area contributed by atoms with Crippen molar-refractivity contribution in [2.24, 2.45) is 11.8 Å². The van der Waals surface area contributed by atoms with Gasteiger partial charge >= 0.3 is 0 Å². The molecule has 1 aliphatic carbocycles. The zero-order valence-electron chi connectivity index (χ0n) is 13.2. The second kappa shape index (κ2) is 7.24. The van der Waals surface area contributed by atoms with E-state index in [9.17, 15) is 0 Å². The summed E-state index contributed by atoms with van der Waals surface area (Å²) in [7, 11) is 0. The molecule has 0 spiro atoms. The molecule has 0 aromatic heterocycles. The monoisotopic (exact) mass is 280 g/mol. The highest BCUT2D eigenvalue weighted by Crippen LogP contribution is 2.31. The predicted molar refractivity (Wildman–Crippen MR) is 82.9 cm³/mol. The molecule has 2 saturated heterocycles. The molecule has 0 radical (unpaired) electrons. The summed E-state index contributed by atoms with van der Waals surface area (Å²) in [6, 6.07) is 1.46. The van der Waals surface area contributed by atoms with Crippen LogP contribution in [0.2, 0.25) is 0 Å². The Morgan fingerprint density at radius 2 is 1.80 bits per heavy atom. The third kappa shape index (κ3) is 3.75. The Morgan fingerprint density at radius 3 is 2.55 bits per heavy atom. The van der Waals surface area contributed by atoms with Crippen molar-refractivity contribution in [3.05, 3.63) is 0 Å². The highest BCUT2D eigenvalue weighted by atomic mass is 16.5. The number of rotatable bonds is 3. The first-order valence-corrected chi connectivity index (χ1v) is 8.88. The topological polar surface area (TPSA) is 24.5 Å². The van der Waals surface area contributed by atoms with Crippen molar-refractivity contribution < 1.29 is 4.74 Å². The normalized spacial score (nSPS) is 35.2. The largest absolute Gasteiger partial charge is 0.381 e. The molecule has 0 aromatic carbocycles. The van der Waals surface area contributed by atoms with Gasteiger partial charge in [-0.1, -0.05) is 19.3 Å². The van der Waals surface area contributed by atoms with Gasteiger partial charge in [-0.15, -0.1) is 0 Å². The number of nitrogens with zero attached hydrogens (tertiary/aromatic N) is 1. The van der Waals surface area contributed by atoms with Crippen LogP contribution in [0.5, 0.6) is 0 Å². The van der Waals surface area contributed by atoms with Crippen LogP contribution in [0, 0.1) is 11.8 Å². The fraction of sp³-hybridized carbons (Fsp3) is 1.00. The molecule has 20 heavy (non-hydrogen) atoms. The standard InChI is InChI=1S/C17H32N2O/c1-14-12-19(13-15-7-9-20-10-8-15)17(11-18-14)16-5-3-2-4-6-16/h14-18H,2-13H2,1H3. The molecule has 3 fully saturated rings. The number of piperazine rings is 1. The molecular weight excluding hydrogens is 248 g/mol. The van der Waals surface area contributed by atoms with E-state index in [1.807, 2.05) is 0 Å².